The Morgan fingerprint density at radius 3 is 2.20 bits per heavy atom. The summed E-state index contributed by atoms with van der Waals surface area (Å²) < 4.78 is 5.41. The SMILES string of the molecule is CC(C)(C)OC(=O)NC1(C(C)(C)O)CCN(Cc2ccccc2)CC1. The second-order valence-electron chi connectivity index (χ2n) is 8.53. The summed E-state index contributed by atoms with van der Waals surface area (Å²) >= 11 is 0. The molecule has 5 nitrogen and oxygen atoms in total. The molecular formula is C20H32N2O3. The van der Waals surface area contributed by atoms with E-state index in [4.69, 9.17) is 4.74 Å². The van der Waals surface area contributed by atoms with Crippen molar-refractivity contribution in [2.75, 3.05) is 13.1 Å². The van der Waals surface area contributed by atoms with E-state index < -0.39 is 22.8 Å². The van der Waals surface area contributed by atoms with Gasteiger partial charge in [-0.3, -0.25) is 4.90 Å². The van der Waals surface area contributed by atoms with Crippen LogP contribution in [0, 0.1) is 0 Å². The molecule has 1 heterocycles. The van der Waals surface area contributed by atoms with Crippen LogP contribution in [-0.2, 0) is 11.3 Å². The number of amides is 1. The van der Waals surface area contributed by atoms with Crippen molar-refractivity contribution in [3.63, 3.8) is 0 Å². The standard InChI is InChI=1S/C20H32N2O3/c1-18(2,3)25-17(23)21-20(19(4,5)24)11-13-22(14-12-20)15-16-9-7-6-8-10-16/h6-10,24H,11-15H2,1-5H3,(H,21,23). The molecule has 1 aliphatic rings. The summed E-state index contributed by atoms with van der Waals surface area (Å²) in [5.74, 6) is 0. The maximum Gasteiger partial charge on any atom is 0.408 e. The summed E-state index contributed by atoms with van der Waals surface area (Å²) in [6, 6.07) is 10.4. The number of ether oxygens (including phenoxy) is 1. The first kappa shape index (κ1) is 19.7. The van der Waals surface area contributed by atoms with Crippen LogP contribution in [0.15, 0.2) is 30.3 Å². The Hall–Kier alpha value is -1.59. The molecular weight excluding hydrogens is 316 g/mol. The molecule has 25 heavy (non-hydrogen) atoms. The van der Waals surface area contributed by atoms with E-state index in [1.54, 1.807) is 13.8 Å². The Morgan fingerprint density at radius 2 is 1.72 bits per heavy atom. The first-order chi connectivity index (χ1) is 11.5. The van der Waals surface area contributed by atoms with Crippen LogP contribution in [0.1, 0.15) is 53.0 Å². The number of alkyl carbamates (subject to hydrolysis) is 1. The van der Waals surface area contributed by atoms with E-state index in [1.807, 2.05) is 39.0 Å². The molecule has 1 aromatic carbocycles. The van der Waals surface area contributed by atoms with E-state index in [1.165, 1.54) is 5.56 Å². The minimum Gasteiger partial charge on any atom is -0.444 e. The lowest BCUT2D eigenvalue weighted by molar-refractivity contribution is -0.0575. The first-order valence-corrected chi connectivity index (χ1v) is 9.01. The van der Waals surface area contributed by atoms with E-state index >= 15 is 0 Å². The smallest absolute Gasteiger partial charge is 0.408 e. The lowest BCUT2D eigenvalue weighted by Crippen LogP contribution is -2.66. The number of piperidine rings is 1. The van der Waals surface area contributed by atoms with Crippen molar-refractivity contribution in [1.82, 2.24) is 10.2 Å². The van der Waals surface area contributed by atoms with Gasteiger partial charge < -0.3 is 15.2 Å². The van der Waals surface area contributed by atoms with Gasteiger partial charge >= 0.3 is 6.09 Å². The molecule has 2 rings (SSSR count). The van der Waals surface area contributed by atoms with E-state index in [2.05, 4.69) is 22.3 Å². The fourth-order valence-electron chi connectivity index (χ4n) is 3.32. The molecule has 1 aliphatic heterocycles. The Bertz CT molecular complexity index is 565. The Kier molecular flexibility index (Phi) is 5.79. The van der Waals surface area contributed by atoms with Crippen molar-refractivity contribution in [3.8, 4) is 0 Å². The second kappa shape index (κ2) is 7.34. The zero-order chi connectivity index (χ0) is 18.7. The fraction of sp³-hybridized carbons (Fsp3) is 0.650. The summed E-state index contributed by atoms with van der Waals surface area (Å²) in [5.41, 5.74) is -0.984. The molecule has 2 N–H and O–H groups in total. The Labute approximate surface area is 151 Å². The molecule has 0 aliphatic carbocycles. The van der Waals surface area contributed by atoms with Crippen LogP contribution in [0.4, 0.5) is 4.79 Å². The molecule has 0 bridgehead atoms. The first-order valence-electron chi connectivity index (χ1n) is 9.01. The summed E-state index contributed by atoms with van der Waals surface area (Å²) in [5, 5.41) is 13.7. The molecule has 0 unspecified atom stereocenters. The predicted molar refractivity (Wildman–Crippen MR) is 99.4 cm³/mol. The third-order valence-electron chi connectivity index (χ3n) is 4.87. The number of hydrogen-bond donors (Lipinski definition) is 2. The van der Waals surface area contributed by atoms with E-state index in [0.717, 1.165) is 19.6 Å². The Morgan fingerprint density at radius 1 is 1.16 bits per heavy atom. The second-order valence-corrected chi connectivity index (χ2v) is 8.53. The number of benzene rings is 1. The van der Waals surface area contributed by atoms with Gasteiger partial charge in [-0.1, -0.05) is 30.3 Å². The van der Waals surface area contributed by atoms with Crippen molar-refractivity contribution in [2.24, 2.45) is 0 Å². The van der Waals surface area contributed by atoms with Crippen molar-refractivity contribution in [1.29, 1.82) is 0 Å². The number of nitrogens with zero attached hydrogens (tertiary/aromatic N) is 1. The molecule has 0 aromatic heterocycles. The largest absolute Gasteiger partial charge is 0.444 e. The maximum atomic E-state index is 12.3. The minimum absolute atomic E-state index is 0.467. The predicted octanol–water partition coefficient (Wildman–Crippen LogP) is 3.32. The number of carbonyl (C=O) groups is 1. The normalized spacial score (nSPS) is 18.6. The topological polar surface area (TPSA) is 61.8 Å². The van der Waals surface area contributed by atoms with Crippen LogP contribution < -0.4 is 5.32 Å². The molecule has 1 saturated heterocycles. The molecule has 0 saturated carbocycles. The van der Waals surface area contributed by atoms with Crippen LogP contribution in [0.5, 0.6) is 0 Å². The highest BCUT2D eigenvalue weighted by molar-refractivity contribution is 5.69. The average molecular weight is 348 g/mol. The third-order valence-corrected chi connectivity index (χ3v) is 4.87. The zero-order valence-corrected chi connectivity index (χ0v) is 16.1. The fourth-order valence-corrected chi connectivity index (χ4v) is 3.32. The average Bonchev–Trinajstić information content (AvgIpc) is 2.47. The van der Waals surface area contributed by atoms with Gasteiger partial charge in [0.15, 0.2) is 0 Å². The van der Waals surface area contributed by atoms with Gasteiger partial charge in [-0.05, 0) is 53.0 Å². The molecule has 5 heteroatoms. The highest BCUT2D eigenvalue weighted by Gasteiger charge is 2.47. The molecule has 0 atom stereocenters. The lowest BCUT2D eigenvalue weighted by atomic mass is 9.74. The number of rotatable bonds is 4. The number of hydrogen-bond acceptors (Lipinski definition) is 4. The molecule has 0 spiro atoms. The van der Waals surface area contributed by atoms with Crippen molar-refractivity contribution in [3.05, 3.63) is 35.9 Å². The molecule has 140 valence electrons. The van der Waals surface area contributed by atoms with Crippen LogP contribution in [0.25, 0.3) is 0 Å². The molecule has 1 aromatic rings. The van der Waals surface area contributed by atoms with Gasteiger partial charge in [0.2, 0.25) is 0 Å². The van der Waals surface area contributed by atoms with Crippen LogP contribution in [0.2, 0.25) is 0 Å². The number of nitrogens with one attached hydrogen (secondary N) is 1. The number of aliphatic hydroxyl groups is 1. The summed E-state index contributed by atoms with van der Waals surface area (Å²) in [4.78, 5) is 14.7. The number of likely N-dealkylation sites (tertiary alicyclic amines) is 1. The van der Waals surface area contributed by atoms with E-state index in [0.29, 0.717) is 12.8 Å². The van der Waals surface area contributed by atoms with Gasteiger partial charge in [0.1, 0.15) is 5.60 Å². The van der Waals surface area contributed by atoms with Crippen LogP contribution in [0.3, 0.4) is 0 Å². The van der Waals surface area contributed by atoms with E-state index in [-0.39, 0.29) is 0 Å². The van der Waals surface area contributed by atoms with Gasteiger partial charge in [0, 0.05) is 19.6 Å². The van der Waals surface area contributed by atoms with Crippen molar-refractivity contribution < 1.29 is 14.6 Å². The monoisotopic (exact) mass is 348 g/mol. The molecule has 1 fully saturated rings. The maximum absolute atomic E-state index is 12.3. The minimum atomic E-state index is -1.03. The van der Waals surface area contributed by atoms with Gasteiger partial charge in [0.05, 0.1) is 11.1 Å². The molecule has 0 radical (unpaired) electrons. The summed E-state index contributed by atoms with van der Waals surface area (Å²) in [6.07, 6.45) is 0.900. The highest BCUT2D eigenvalue weighted by atomic mass is 16.6. The van der Waals surface area contributed by atoms with Crippen molar-refractivity contribution in [2.45, 2.75) is 70.7 Å². The summed E-state index contributed by atoms with van der Waals surface area (Å²) in [6.45, 7) is 11.6. The van der Waals surface area contributed by atoms with Gasteiger partial charge in [-0.2, -0.15) is 0 Å². The molecule has 1 amide bonds. The van der Waals surface area contributed by atoms with Crippen LogP contribution >= 0.6 is 0 Å². The third kappa shape index (κ3) is 5.44. The Balaban J connectivity index is 2.02. The highest BCUT2D eigenvalue weighted by Crippen LogP contribution is 2.33. The van der Waals surface area contributed by atoms with E-state index in [9.17, 15) is 9.90 Å². The van der Waals surface area contributed by atoms with Gasteiger partial charge in [-0.25, -0.2) is 4.79 Å². The number of carbonyl (C=O) groups excluding carboxylic acids is 1. The van der Waals surface area contributed by atoms with Gasteiger partial charge in [-0.15, -0.1) is 0 Å². The zero-order valence-electron chi connectivity index (χ0n) is 16.1. The van der Waals surface area contributed by atoms with Gasteiger partial charge in [0.25, 0.3) is 0 Å². The summed E-state index contributed by atoms with van der Waals surface area (Å²) in [7, 11) is 0. The lowest BCUT2D eigenvalue weighted by Gasteiger charge is -2.49. The quantitative estimate of drug-likeness (QED) is 0.876. The van der Waals surface area contributed by atoms with Crippen LogP contribution in [-0.4, -0.2) is 45.9 Å². The van der Waals surface area contributed by atoms with Crippen molar-refractivity contribution >= 4 is 6.09 Å².